The highest BCUT2D eigenvalue weighted by atomic mass is 15.1. The topological polar surface area (TPSA) is 6.48 Å². The molecule has 0 saturated heterocycles. The van der Waals surface area contributed by atoms with Gasteiger partial charge in [-0.25, -0.2) is 0 Å². The van der Waals surface area contributed by atoms with E-state index in [9.17, 15) is 0 Å². The van der Waals surface area contributed by atoms with Crippen molar-refractivity contribution >= 4 is 55.7 Å². The van der Waals surface area contributed by atoms with Gasteiger partial charge in [0, 0.05) is 55.8 Å². The van der Waals surface area contributed by atoms with Crippen LogP contribution in [0.2, 0.25) is 0 Å². The Morgan fingerprint density at radius 2 is 0.527 bits per heavy atom. The van der Waals surface area contributed by atoms with Gasteiger partial charge in [-0.05, 0) is 236 Å². The maximum absolute atomic E-state index is 2.55. The molecule has 0 amide bonds. The van der Waals surface area contributed by atoms with Gasteiger partial charge in [-0.1, -0.05) is 252 Å². The summed E-state index contributed by atoms with van der Waals surface area (Å²) in [6.45, 7) is 28.3. The number of benzene rings is 13. The molecule has 2 heteroatoms. The summed E-state index contributed by atoms with van der Waals surface area (Å²) in [5.41, 5.74) is 34.8. The van der Waals surface area contributed by atoms with Gasteiger partial charge in [0.1, 0.15) is 0 Å². The molecule has 0 fully saturated rings. The van der Waals surface area contributed by atoms with Crippen molar-refractivity contribution in [2.45, 2.75) is 110 Å². The van der Waals surface area contributed by atoms with E-state index in [4.69, 9.17) is 0 Å². The predicted octanol–water partition coefficient (Wildman–Crippen LogP) is 25.1. The lowest BCUT2D eigenvalue weighted by Gasteiger charge is -2.30. The molecule has 0 bridgehead atoms. The van der Waals surface area contributed by atoms with Crippen molar-refractivity contribution in [3.05, 3.63) is 310 Å². The first kappa shape index (κ1) is 56.9. The lowest BCUT2D eigenvalue weighted by Crippen LogP contribution is -2.17. The van der Waals surface area contributed by atoms with E-state index < -0.39 is 0 Å². The molecule has 0 heterocycles. The van der Waals surface area contributed by atoms with Crippen LogP contribution in [0, 0.1) is 6.92 Å². The fraction of sp³-hybridized carbons (Fsp3) is 0.187. The van der Waals surface area contributed by atoms with Gasteiger partial charge in [0.15, 0.2) is 0 Å². The van der Waals surface area contributed by atoms with Crippen molar-refractivity contribution in [2.24, 2.45) is 0 Å². The molecule has 0 radical (unpaired) electrons. The normalized spacial score (nSPS) is 15.2. The minimum atomic E-state index is -0.210. The second-order valence-corrected chi connectivity index (χ2v) is 30.2. The summed E-state index contributed by atoms with van der Waals surface area (Å²) in [4.78, 5) is 5.03. The first-order valence-electron chi connectivity index (χ1n) is 33.5. The van der Waals surface area contributed by atoms with Crippen LogP contribution < -0.4 is 9.80 Å². The van der Waals surface area contributed by atoms with Crippen LogP contribution in [0.4, 0.5) is 34.1 Å². The third kappa shape index (κ3) is 8.39. The lowest BCUT2D eigenvalue weighted by molar-refractivity contribution is 0.590. The summed E-state index contributed by atoms with van der Waals surface area (Å²) in [5, 5.41) is 4.84. The Hall–Kier alpha value is -10.0. The van der Waals surface area contributed by atoms with Crippen molar-refractivity contribution in [3.8, 4) is 66.8 Å². The third-order valence-corrected chi connectivity index (χ3v) is 22.3. The van der Waals surface area contributed by atoms with Gasteiger partial charge in [0.05, 0.1) is 0 Å². The van der Waals surface area contributed by atoms with E-state index in [0.717, 1.165) is 34.1 Å². The highest BCUT2D eigenvalue weighted by molar-refractivity contribution is 6.23. The van der Waals surface area contributed by atoms with E-state index >= 15 is 0 Å². The second-order valence-electron chi connectivity index (χ2n) is 30.2. The number of hydrogen-bond donors (Lipinski definition) is 0. The highest BCUT2D eigenvalue weighted by Gasteiger charge is 2.40. The number of fused-ring (bicyclic) bond motifs is 14. The summed E-state index contributed by atoms with van der Waals surface area (Å²) >= 11 is 0. The van der Waals surface area contributed by atoms with Gasteiger partial charge in [-0.15, -0.1) is 0 Å². The standard InChI is InChI=1S/C91H78N2/c1-55-29-35-59(36-30-55)92(63-39-45-71-67-23-15-19-27-79(67)90(9,10)83(71)53-63)61-41-47-73-75(51-61)85(56-31-43-69-65-21-13-17-25-77(65)88(5,6)81(69)49-56)74-48-42-62(52-76(74)86(73)57-32-44-70-66-22-14-18-26-78(66)89(7,8)82(70)50-57)93(60-37-33-58(34-38-60)87(2,3)4)64-40-46-72-68-24-16-20-28-80(68)91(11,12)84(72)54-64/h13-54H,1-12H3. The summed E-state index contributed by atoms with van der Waals surface area (Å²) in [6.07, 6.45) is 0. The molecule has 17 rings (SSSR count). The molecule has 2 nitrogen and oxygen atoms in total. The number of hydrogen-bond acceptors (Lipinski definition) is 2. The Balaban J connectivity index is 0.965. The first-order chi connectivity index (χ1) is 44.7. The van der Waals surface area contributed by atoms with Crippen molar-refractivity contribution in [3.63, 3.8) is 0 Å². The molecule has 0 aliphatic heterocycles. The Labute approximate surface area is 549 Å². The van der Waals surface area contributed by atoms with E-state index in [0.29, 0.717) is 0 Å². The van der Waals surface area contributed by atoms with E-state index in [1.165, 1.54) is 144 Å². The monoisotopic (exact) mass is 1200 g/mol. The van der Waals surface area contributed by atoms with E-state index in [2.05, 4.69) is 348 Å². The smallest absolute Gasteiger partial charge is 0.0468 e. The quantitative estimate of drug-likeness (QED) is 0.140. The molecule has 0 aromatic heterocycles. The Morgan fingerprint density at radius 1 is 0.247 bits per heavy atom. The van der Waals surface area contributed by atoms with Crippen LogP contribution >= 0.6 is 0 Å². The zero-order valence-corrected chi connectivity index (χ0v) is 55.6. The molecule has 0 spiro atoms. The lowest BCUT2D eigenvalue weighted by atomic mass is 9.79. The fourth-order valence-electron chi connectivity index (χ4n) is 17.2. The number of nitrogens with zero attached hydrogens (tertiary/aromatic N) is 2. The van der Waals surface area contributed by atoms with Gasteiger partial charge in [-0.2, -0.15) is 0 Å². The molecule has 0 unspecified atom stereocenters. The summed E-state index contributed by atoms with van der Waals surface area (Å²) in [5.74, 6) is 0. The van der Waals surface area contributed by atoms with Crippen LogP contribution in [-0.2, 0) is 27.1 Å². The van der Waals surface area contributed by atoms with Crippen LogP contribution in [-0.4, -0.2) is 0 Å². The average molecular weight is 1200 g/mol. The van der Waals surface area contributed by atoms with E-state index in [1.807, 2.05) is 0 Å². The van der Waals surface area contributed by atoms with Crippen LogP contribution in [0.15, 0.2) is 255 Å². The van der Waals surface area contributed by atoms with E-state index in [-0.39, 0.29) is 27.1 Å². The van der Waals surface area contributed by atoms with Crippen LogP contribution in [0.5, 0.6) is 0 Å². The maximum atomic E-state index is 2.55. The predicted molar refractivity (Wildman–Crippen MR) is 395 cm³/mol. The van der Waals surface area contributed by atoms with Crippen LogP contribution in [0.25, 0.3) is 88.3 Å². The number of rotatable bonds is 8. The molecular formula is C91H78N2. The van der Waals surface area contributed by atoms with E-state index in [1.54, 1.807) is 0 Å². The van der Waals surface area contributed by atoms with Crippen molar-refractivity contribution in [1.29, 1.82) is 0 Å². The molecule has 93 heavy (non-hydrogen) atoms. The van der Waals surface area contributed by atoms with Crippen molar-refractivity contribution in [2.75, 3.05) is 9.80 Å². The van der Waals surface area contributed by atoms with Gasteiger partial charge in [0.25, 0.3) is 0 Å². The molecule has 4 aliphatic carbocycles. The van der Waals surface area contributed by atoms with Crippen molar-refractivity contribution < 1.29 is 0 Å². The molecule has 0 N–H and O–H groups in total. The summed E-state index contributed by atoms with van der Waals surface area (Å²) in [6, 6.07) is 98.6. The van der Waals surface area contributed by atoms with Gasteiger partial charge in [0.2, 0.25) is 0 Å². The SMILES string of the molecule is Cc1ccc(N(c2ccc3c(c2)C(C)(C)c2ccccc2-3)c2ccc3c(-c4ccc5c(c4)C(C)(C)c4ccccc4-5)c4cc(N(c5ccc(C(C)(C)C)cc5)c5ccc6c(c5)C(C)(C)c5ccccc5-6)ccc4c(-c4ccc5c(c4)C(C)(C)c4ccccc4-5)c3c2)cc1. The van der Waals surface area contributed by atoms with Crippen LogP contribution in [0.1, 0.15) is 132 Å². The van der Waals surface area contributed by atoms with Gasteiger partial charge >= 0.3 is 0 Å². The summed E-state index contributed by atoms with van der Waals surface area (Å²) < 4.78 is 0. The molecular weight excluding hydrogens is 1120 g/mol. The van der Waals surface area contributed by atoms with Gasteiger partial charge in [-0.3, -0.25) is 0 Å². The highest BCUT2D eigenvalue weighted by Crippen LogP contribution is 2.57. The molecule has 13 aromatic rings. The second kappa shape index (κ2) is 20.0. The number of aryl methyl sites for hydroxylation is 1. The van der Waals surface area contributed by atoms with Crippen LogP contribution in [0.3, 0.4) is 0 Å². The molecule has 452 valence electrons. The molecule has 0 saturated carbocycles. The summed E-state index contributed by atoms with van der Waals surface area (Å²) in [7, 11) is 0. The average Bonchev–Trinajstić information content (AvgIpc) is 1.74. The van der Waals surface area contributed by atoms with Gasteiger partial charge < -0.3 is 9.80 Å². The maximum Gasteiger partial charge on any atom is 0.0468 e. The first-order valence-corrected chi connectivity index (χ1v) is 33.5. The Bertz CT molecular complexity index is 5310. The molecule has 0 atom stereocenters. The minimum Gasteiger partial charge on any atom is -0.310 e. The molecule has 4 aliphatic rings. The molecule has 13 aromatic carbocycles. The third-order valence-electron chi connectivity index (χ3n) is 22.3. The van der Waals surface area contributed by atoms with Crippen molar-refractivity contribution in [1.82, 2.24) is 0 Å². The minimum absolute atomic E-state index is 0.00887. The largest absolute Gasteiger partial charge is 0.310 e. The Morgan fingerprint density at radius 3 is 0.882 bits per heavy atom. The zero-order chi connectivity index (χ0) is 63.8. The Kier molecular flexibility index (Phi) is 12.2. The fourth-order valence-corrected chi connectivity index (χ4v) is 17.2. The number of anilines is 6. The zero-order valence-electron chi connectivity index (χ0n) is 55.6.